The number of aromatic amines is 1. The number of benzene rings is 2. The zero-order valence-corrected chi connectivity index (χ0v) is 19.4. The molecular weight excluding hydrogens is 456 g/mol. The fraction of sp³-hybridized carbons (Fsp3) is 0.333. The van der Waals surface area contributed by atoms with Gasteiger partial charge in [-0.25, -0.2) is 8.42 Å². The zero-order chi connectivity index (χ0) is 23.5. The summed E-state index contributed by atoms with van der Waals surface area (Å²) in [4.78, 5) is 13.0. The van der Waals surface area contributed by atoms with Crippen LogP contribution in [0.5, 0.6) is 11.5 Å². The zero-order valence-electron chi connectivity index (χ0n) is 18.6. The first-order chi connectivity index (χ1) is 16.5. The second kappa shape index (κ2) is 9.47. The van der Waals surface area contributed by atoms with Gasteiger partial charge in [-0.2, -0.15) is 9.40 Å². The molecule has 34 heavy (non-hydrogen) atoms. The Hall–Kier alpha value is -3.37. The molecule has 0 aliphatic carbocycles. The van der Waals surface area contributed by atoms with Crippen LogP contribution in [-0.2, 0) is 14.8 Å². The molecule has 0 unspecified atom stereocenters. The number of hydrogen-bond acceptors (Lipinski definition) is 6. The quantitative estimate of drug-likeness (QED) is 0.577. The molecule has 0 spiro atoms. The van der Waals surface area contributed by atoms with Gasteiger partial charge < -0.3 is 14.8 Å². The largest absolute Gasteiger partial charge is 0.490 e. The SMILES string of the molecule is O=C(Nc1cccc(-c2ccn[nH]2)c1)C1CCN(S(=O)(=O)c2ccc3c(c2)OCCCO3)CC1. The lowest BCUT2D eigenvalue weighted by atomic mass is 9.97. The van der Waals surface area contributed by atoms with Gasteiger partial charge in [0.15, 0.2) is 11.5 Å². The van der Waals surface area contributed by atoms with E-state index in [2.05, 4.69) is 15.5 Å². The molecule has 9 nitrogen and oxygen atoms in total. The lowest BCUT2D eigenvalue weighted by molar-refractivity contribution is -0.120. The van der Waals surface area contributed by atoms with Gasteiger partial charge >= 0.3 is 0 Å². The van der Waals surface area contributed by atoms with Gasteiger partial charge in [0.05, 0.1) is 23.8 Å². The molecular formula is C24H26N4O5S. The number of nitrogens with zero attached hydrogens (tertiary/aromatic N) is 2. The number of H-pyrrole nitrogens is 1. The molecule has 1 amide bonds. The number of ether oxygens (including phenoxy) is 2. The van der Waals surface area contributed by atoms with Crippen LogP contribution in [0.1, 0.15) is 19.3 Å². The molecule has 2 aromatic carbocycles. The average Bonchev–Trinajstić information content (AvgIpc) is 3.30. The normalized spacial score (nSPS) is 17.2. The van der Waals surface area contributed by atoms with Crippen LogP contribution >= 0.6 is 0 Å². The molecule has 2 N–H and O–H groups in total. The minimum Gasteiger partial charge on any atom is -0.490 e. The standard InChI is InChI=1S/C24H26N4O5S/c29-24(26-19-4-1-3-18(15-19)21-7-10-25-27-21)17-8-11-28(12-9-17)34(30,31)20-5-6-22-23(16-20)33-14-2-13-32-22/h1,3-7,10,15-17H,2,8-9,11-14H2,(H,25,27)(H,26,29). The number of nitrogens with one attached hydrogen (secondary N) is 2. The Balaban J connectivity index is 1.22. The van der Waals surface area contributed by atoms with Crippen molar-refractivity contribution in [3.8, 4) is 22.8 Å². The van der Waals surface area contributed by atoms with Crippen molar-refractivity contribution in [2.75, 3.05) is 31.6 Å². The summed E-state index contributed by atoms with van der Waals surface area (Å²) in [5.41, 5.74) is 2.48. The third-order valence-corrected chi connectivity index (χ3v) is 8.02. The van der Waals surface area contributed by atoms with Crippen LogP contribution in [-0.4, -0.2) is 55.1 Å². The molecule has 10 heteroatoms. The summed E-state index contributed by atoms with van der Waals surface area (Å²) in [6.45, 7) is 1.59. The van der Waals surface area contributed by atoms with E-state index in [-0.39, 0.29) is 29.8 Å². The molecule has 2 aliphatic heterocycles. The number of anilines is 1. The summed E-state index contributed by atoms with van der Waals surface area (Å²) in [5, 5.41) is 9.83. The van der Waals surface area contributed by atoms with E-state index < -0.39 is 10.0 Å². The van der Waals surface area contributed by atoms with E-state index in [1.54, 1.807) is 18.3 Å². The Kier molecular flexibility index (Phi) is 6.25. The van der Waals surface area contributed by atoms with Gasteiger partial charge in [-0.3, -0.25) is 9.89 Å². The number of sulfonamides is 1. The number of hydrogen-bond donors (Lipinski definition) is 2. The van der Waals surface area contributed by atoms with Crippen LogP contribution in [0, 0.1) is 5.92 Å². The number of rotatable bonds is 5. The van der Waals surface area contributed by atoms with Crippen molar-refractivity contribution in [3.63, 3.8) is 0 Å². The lowest BCUT2D eigenvalue weighted by Crippen LogP contribution is -2.41. The topological polar surface area (TPSA) is 114 Å². The van der Waals surface area contributed by atoms with Crippen molar-refractivity contribution < 1.29 is 22.7 Å². The molecule has 0 bridgehead atoms. The van der Waals surface area contributed by atoms with Gasteiger partial charge in [0, 0.05) is 48.9 Å². The maximum Gasteiger partial charge on any atom is 0.243 e. The molecule has 3 aromatic rings. The van der Waals surface area contributed by atoms with Crippen molar-refractivity contribution in [3.05, 3.63) is 54.7 Å². The molecule has 0 radical (unpaired) electrons. The molecule has 0 atom stereocenters. The maximum absolute atomic E-state index is 13.2. The van der Waals surface area contributed by atoms with Gasteiger partial charge in [-0.1, -0.05) is 12.1 Å². The minimum absolute atomic E-state index is 0.102. The first-order valence-electron chi connectivity index (χ1n) is 11.3. The fourth-order valence-electron chi connectivity index (χ4n) is 4.24. The highest BCUT2D eigenvalue weighted by atomic mass is 32.2. The molecule has 1 aromatic heterocycles. The monoisotopic (exact) mass is 482 g/mol. The minimum atomic E-state index is -3.69. The third-order valence-electron chi connectivity index (χ3n) is 6.12. The van der Waals surface area contributed by atoms with Crippen LogP contribution < -0.4 is 14.8 Å². The first-order valence-corrected chi connectivity index (χ1v) is 12.8. The number of piperidine rings is 1. The second-order valence-electron chi connectivity index (χ2n) is 8.38. The summed E-state index contributed by atoms with van der Waals surface area (Å²) >= 11 is 0. The lowest BCUT2D eigenvalue weighted by Gasteiger charge is -2.30. The fourth-order valence-corrected chi connectivity index (χ4v) is 5.72. The smallest absolute Gasteiger partial charge is 0.243 e. The Bertz CT molecular complexity index is 1270. The molecule has 5 rings (SSSR count). The maximum atomic E-state index is 13.2. The summed E-state index contributed by atoms with van der Waals surface area (Å²) < 4.78 is 39.1. The van der Waals surface area contributed by atoms with E-state index in [9.17, 15) is 13.2 Å². The second-order valence-corrected chi connectivity index (χ2v) is 10.3. The van der Waals surface area contributed by atoms with Crippen molar-refractivity contribution in [1.29, 1.82) is 0 Å². The van der Waals surface area contributed by atoms with Crippen LogP contribution in [0.15, 0.2) is 59.6 Å². The third kappa shape index (κ3) is 4.64. The number of amides is 1. The highest BCUT2D eigenvalue weighted by molar-refractivity contribution is 7.89. The molecule has 1 saturated heterocycles. The van der Waals surface area contributed by atoms with E-state index in [0.717, 1.165) is 17.7 Å². The average molecular weight is 483 g/mol. The van der Waals surface area contributed by atoms with E-state index >= 15 is 0 Å². The van der Waals surface area contributed by atoms with Gasteiger partial charge in [-0.15, -0.1) is 0 Å². The predicted octanol–water partition coefficient (Wildman–Crippen LogP) is 3.28. The van der Waals surface area contributed by atoms with E-state index in [1.807, 2.05) is 30.3 Å². The van der Waals surface area contributed by atoms with Crippen LogP contribution in [0.25, 0.3) is 11.3 Å². The van der Waals surface area contributed by atoms with Crippen LogP contribution in [0.4, 0.5) is 5.69 Å². The van der Waals surface area contributed by atoms with Crippen LogP contribution in [0.2, 0.25) is 0 Å². The highest BCUT2D eigenvalue weighted by Crippen LogP contribution is 2.34. The van der Waals surface area contributed by atoms with Crippen molar-refractivity contribution >= 4 is 21.6 Å². The summed E-state index contributed by atoms with van der Waals surface area (Å²) in [5.74, 6) is 0.647. The van der Waals surface area contributed by atoms with Gasteiger partial charge in [0.1, 0.15) is 0 Å². The molecule has 0 saturated carbocycles. The number of aromatic nitrogens is 2. The van der Waals surface area contributed by atoms with Crippen molar-refractivity contribution in [2.24, 2.45) is 5.92 Å². The van der Waals surface area contributed by atoms with Crippen LogP contribution in [0.3, 0.4) is 0 Å². The van der Waals surface area contributed by atoms with Crippen molar-refractivity contribution in [1.82, 2.24) is 14.5 Å². The Morgan fingerprint density at radius 1 is 1.03 bits per heavy atom. The Morgan fingerprint density at radius 2 is 1.82 bits per heavy atom. The molecule has 178 valence electrons. The van der Waals surface area contributed by atoms with Gasteiger partial charge in [0.25, 0.3) is 0 Å². The predicted molar refractivity (Wildman–Crippen MR) is 126 cm³/mol. The summed E-state index contributed by atoms with van der Waals surface area (Å²) in [6, 6.07) is 14.1. The number of fused-ring (bicyclic) bond motifs is 1. The Morgan fingerprint density at radius 3 is 2.59 bits per heavy atom. The van der Waals surface area contributed by atoms with E-state index in [4.69, 9.17) is 9.47 Å². The molecule has 3 heterocycles. The number of carbonyl (C=O) groups is 1. The molecule has 1 fully saturated rings. The summed E-state index contributed by atoms with van der Waals surface area (Å²) in [6.07, 6.45) is 3.33. The van der Waals surface area contributed by atoms with E-state index in [0.29, 0.717) is 43.2 Å². The van der Waals surface area contributed by atoms with Gasteiger partial charge in [0.2, 0.25) is 15.9 Å². The number of carbonyl (C=O) groups excluding carboxylic acids is 1. The Labute approximate surface area is 198 Å². The van der Waals surface area contributed by atoms with Gasteiger partial charge in [-0.05, 0) is 43.2 Å². The molecule has 2 aliphatic rings. The van der Waals surface area contributed by atoms with E-state index in [1.165, 1.54) is 10.4 Å². The summed E-state index contributed by atoms with van der Waals surface area (Å²) in [7, 11) is -3.69. The van der Waals surface area contributed by atoms with Crippen molar-refractivity contribution in [2.45, 2.75) is 24.2 Å². The first kappa shape index (κ1) is 22.4. The highest BCUT2D eigenvalue weighted by Gasteiger charge is 2.33.